The van der Waals surface area contributed by atoms with Crippen molar-refractivity contribution in [2.75, 3.05) is 25.1 Å². The maximum atomic E-state index is 14.2. The van der Waals surface area contributed by atoms with E-state index in [4.69, 9.17) is 9.47 Å². The van der Waals surface area contributed by atoms with Crippen LogP contribution >= 0.6 is 0 Å². The number of sulfonamides is 1. The van der Waals surface area contributed by atoms with E-state index in [2.05, 4.69) is 5.32 Å². The van der Waals surface area contributed by atoms with E-state index in [-0.39, 0.29) is 28.8 Å². The molecule has 1 N–H and O–H groups in total. The van der Waals surface area contributed by atoms with E-state index in [1.54, 1.807) is 36.4 Å². The molecule has 1 unspecified atom stereocenters. The molecule has 42 heavy (non-hydrogen) atoms. The van der Waals surface area contributed by atoms with Gasteiger partial charge in [-0.3, -0.25) is 13.9 Å². The number of hydrogen-bond donors (Lipinski definition) is 1. The van der Waals surface area contributed by atoms with E-state index in [0.717, 1.165) is 15.4 Å². The van der Waals surface area contributed by atoms with Crippen molar-refractivity contribution in [3.8, 4) is 11.5 Å². The second-order valence-corrected chi connectivity index (χ2v) is 12.9. The topological polar surface area (TPSA) is 105 Å². The van der Waals surface area contributed by atoms with Gasteiger partial charge in [-0.15, -0.1) is 0 Å². The molecule has 1 atom stereocenters. The zero-order chi connectivity index (χ0) is 31.1. The number of ether oxygens (including phenoxy) is 2. The quantitative estimate of drug-likeness (QED) is 0.318. The van der Waals surface area contributed by atoms with Crippen LogP contribution in [0.5, 0.6) is 11.5 Å². The predicted octanol–water partition coefficient (Wildman–Crippen LogP) is 4.93. The van der Waals surface area contributed by atoms with Gasteiger partial charge in [0, 0.05) is 12.1 Å². The molecule has 0 fully saturated rings. The number of nitrogens with zero attached hydrogens (tertiary/aromatic N) is 2. The van der Waals surface area contributed by atoms with E-state index < -0.39 is 34.1 Å². The van der Waals surface area contributed by atoms with Gasteiger partial charge in [-0.05, 0) is 76.1 Å². The Morgan fingerprint density at radius 3 is 2.07 bits per heavy atom. The van der Waals surface area contributed by atoms with Gasteiger partial charge in [0.25, 0.3) is 10.0 Å². The molecule has 0 aliphatic heterocycles. The molecule has 3 rings (SSSR count). The lowest BCUT2D eigenvalue weighted by atomic mass is 10.1. The molecule has 0 heterocycles. The third-order valence-corrected chi connectivity index (χ3v) is 8.41. The maximum absolute atomic E-state index is 14.2. The number of methoxy groups -OCH3 is 2. The molecule has 0 saturated heterocycles. The summed E-state index contributed by atoms with van der Waals surface area (Å²) in [5.41, 5.74) is 1.55. The molecular weight excluding hydrogens is 554 g/mol. The number of hydrogen-bond acceptors (Lipinski definition) is 6. The maximum Gasteiger partial charge on any atom is 0.264 e. The first kappa shape index (κ1) is 32.5. The number of carbonyl (C=O) groups excluding carboxylic acids is 2. The van der Waals surface area contributed by atoms with Gasteiger partial charge in [0.2, 0.25) is 11.8 Å². The van der Waals surface area contributed by atoms with Gasteiger partial charge < -0.3 is 19.7 Å². The molecule has 0 saturated carbocycles. The number of aryl methyl sites for hydroxylation is 1. The second-order valence-electron chi connectivity index (χ2n) is 11.0. The molecule has 0 spiro atoms. The van der Waals surface area contributed by atoms with Crippen LogP contribution in [0, 0.1) is 6.92 Å². The lowest BCUT2D eigenvalue weighted by Crippen LogP contribution is -2.55. The van der Waals surface area contributed by atoms with Crippen LogP contribution in [0.1, 0.15) is 45.2 Å². The normalized spacial score (nSPS) is 12.3. The minimum atomic E-state index is -4.25. The summed E-state index contributed by atoms with van der Waals surface area (Å²) < 4.78 is 39.9. The Morgan fingerprint density at radius 2 is 1.52 bits per heavy atom. The monoisotopic (exact) mass is 595 g/mol. The first-order valence-corrected chi connectivity index (χ1v) is 15.2. The molecule has 10 heteroatoms. The van der Waals surface area contributed by atoms with Gasteiger partial charge in [-0.1, -0.05) is 48.9 Å². The largest absolute Gasteiger partial charge is 0.497 e. The van der Waals surface area contributed by atoms with Crippen LogP contribution in [-0.2, 0) is 26.2 Å². The summed E-state index contributed by atoms with van der Waals surface area (Å²) in [5, 5.41) is 2.97. The molecule has 0 aliphatic rings. The number of nitrogens with one attached hydrogen (secondary N) is 1. The fraction of sp³-hybridized carbons (Fsp3) is 0.375. The van der Waals surface area contributed by atoms with Crippen molar-refractivity contribution in [3.63, 3.8) is 0 Å². The van der Waals surface area contributed by atoms with Crippen LogP contribution < -0.4 is 19.1 Å². The number of amides is 2. The minimum absolute atomic E-state index is 0.0235. The van der Waals surface area contributed by atoms with Gasteiger partial charge in [0.15, 0.2) is 0 Å². The first-order valence-electron chi connectivity index (χ1n) is 13.8. The Bertz CT molecular complexity index is 1470. The minimum Gasteiger partial charge on any atom is -0.497 e. The van der Waals surface area contributed by atoms with Crippen LogP contribution in [0.2, 0.25) is 0 Å². The van der Waals surface area contributed by atoms with Crippen LogP contribution in [0.4, 0.5) is 5.69 Å². The fourth-order valence-corrected chi connectivity index (χ4v) is 5.91. The van der Waals surface area contributed by atoms with Crippen LogP contribution in [0.3, 0.4) is 0 Å². The van der Waals surface area contributed by atoms with Crippen molar-refractivity contribution >= 4 is 27.5 Å². The SMILES string of the molecule is CCC(C(=O)NC(C)(C)C)N(Cc1ccc(C)cc1)C(=O)CN(c1ccccc1OC)S(=O)(=O)c1ccc(OC)cc1. The van der Waals surface area contributed by atoms with E-state index in [1.165, 1.54) is 31.3 Å². The highest BCUT2D eigenvalue weighted by Gasteiger charge is 2.35. The Morgan fingerprint density at radius 1 is 0.905 bits per heavy atom. The van der Waals surface area contributed by atoms with Gasteiger partial charge in [-0.2, -0.15) is 0 Å². The van der Waals surface area contributed by atoms with Gasteiger partial charge >= 0.3 is 0 Å². The number of para-hydroxylation sites is 2. The Labute approximate surface area is 249 Å². The Balaban J connectivity index is 2.11. The predicted molar refractivity (Wildman–Crippen MR) is 164 cm³/mol. The van der Waals surface area contributed by atoms with Crippen LogP contribution in [-0.4, -0.2) is 57.5 Å². The third-order valence-electron chi connectivity index (χ3n) is 6.64. The Kier molecular flexibility index (Phi) is 10.6. The number of carbonyl (C=O) groups is 2. The van der Waals surface area contributed by atoms with Crippen molar-refractivity contribution < 1.29 is 27.5 Å². The van der Waals surface area contributed by atoms with Crippen molar-refractivity contribution in [2.24, 2.45) is 0 Å². The average molecular weight is 596 g/mol. The second kappa shape index (κ2) is 13.7. The van der Waals surface area contributed by atoms with Crippen molar-refractivity contribution in [2.45, 2.75) is 64.1 Å². The molecule has 9 nitrogen and oxygen atoms in total. The number of anilines is 1. The molecule has 0 radical (unpaired) electrons. The lowest BCUT2D eigenvalue weighted by Gasteiger charge is -2.35. The summed E-state index contributed by atoms with van der Waals surface area (Å²) in [6.45, 7) is 8.97. The zero-order valence-electron chi connectivity index (χ0n) is 25.4. The highest BCUT2D eigenvalue weighted by atomic mass is 32.2. The molecule has 0 aromatic heterocycles. The molecule has 0 aliphatic carbocycles. The van der Waals surface area contributed by atoms with Crippen molar-refractivity contribution in [1.82, 2.24) is 10.2 Å². The molecule has 3 aromatic carbocycles. The first-order chi connectivity index (χ1) is 19.8. The van der Waals surface area contributed by atoms with Crippen molar-refractivity contribution in [3.05, 3.63) is 83.9 Å². The standard InChI is InChI=1S/C32H41N3O6S/c1-8-27(31(37)33-32(3,4)5)34(21-24-15-13-23(2)14-16-24)30(36)22-35(28-11-9-10-12-29(28)41-7)42(38,39)26-19-17-25(40-6)18-20-26/h9-20,27H,8,21-22H2,1-7H3,(H,33,37). The smallest absolute Gasteiger partial charge is 0.264 e. The molecule has 226 valence electrons. The van der Waals surface area contributed by atoms with Gasteiger partial charge in [0.1, 0.15) is 24.1 Å². The molecule has 3 aromatic rings. The van der Waals surface area contributed by atoms with E-state index >= 15 is 0 Å². The summed E-state index contributed by atoms with van der Waals surface area (Å²) >= 11 is 0. The van der Waals surface area contributed by atoms with E-state index in [1.807, 2.05) is 58.9 Å². The summed E-state index contributed by atoms with van der Waals surface area (Å²) in [6, 6.07) is 19.4. The van der Waals surface area contributed by atoms with Gasteiger partial charge in [-0.25, -0.2) is 8.42 Å². The molecule has 2 amide bonds. The van der Waals surface area contributed by atoms with Crippen LogP contribution in [0.15, 0.2) is 77.7 Å². The summed E-state index contributed by atoms with van der Waals surface area (Å²) in [4.78, 5) is 29.1. The van der Waals surface area contributed by atoms with E-state index in [9.17, 15) is 18.0 Å². The lowest BCUT2D eigenvalue weighted by molar-refractivity contribution is -0.141. The Hall–Kier alpha value is -4.05. The summed E-state index contributed by atoms with van der Waals surface area (Å²) in [7, 11) is -1.32. The summed E-state index contributed by atoms with van der Waals surface area (Å²) in [6.07, 6.45) is 0.333. The number of benzene rings is 3. The average Bonchev–Trinajstić information content (AvgIpc) is 2.95. The van der Waals surface area contributed by atoms with Crippen LogP contribution in [0.25, 0.3) is 0 Å². The van der Waals surface area contributed by atoms with Gasteiger partial charge in [0.05, 0.1) is 24.8 Å². The highest BCUT2D eigenvalue weighted by Crippen LogP contribution is 2.33. The van der Waals surface area contributed by atoms with Crippen molar-refractivity contribution in [1.29, 1.82) is 0 Å². The zero-order valence-corrected chi connectivity index (χ0v) is 26.2. The third kappa shape index (κ3) is 8.03. The van der Waals surface area contributed by atoms with E-state index in [0.29, 0.717) is 12.2 Å². The highest BCUT2D eigenvalue weighted by molar-refractivity contribution is 7.92. The summed E-state index contributed by atoms with van der Waals surface area (Å²) in [5.74, 6) is -0.0689. The molecule has 0 bridgehead atoms. The molecular formula is C32H41N3O6S. The number of rotatable bonds is 12. The fourth-order valence-electron chi connectivity index (χ4n) is 4.49.